The summed E-state index contributed by atoms with van der Waals surface area (Å²) >= 11 is 0. The van der Waals surface area contributed by atoms with Crippen molar-refractivity contribution < 1.29 is 13.2 Å². The zero-order chi connectivity index (χ0) is 16.2. The Morgan fingerprint density at radius 3 is 2.23 bits per heavy atom. The van der Waals surface area contributed by atoms with Gasteiger partial charge in [-0.1, -0.05) is 19.1 Å². The topological polar surface area (TPSA) is 64.1 Å². The van der Waals surface area contributed by atoms with Crippen molar-refractivity contribution in [3.63, 3.8) is 0 Å². The van der Waals surface area contributed by atoms with Gasteiger partial charge in [-0.3, -0.25) is 0 Å². The van der Waals surface area contributed by atoms with E-state index in [-0.39, 0.29) is 18.7 Å². The van der Waals surface area contributed by atoms with Crippen molar-refractivity contribution in [3.05, 3.63) is 53.5 Å². The Morgan fingerprint density at radius 1 is 1.09 bits per heavy atom. The second-order valence-corrected chi connectivity index (χ2v) is 6.41. The molecule has 5 N–H and O–H groups in total. The molecule has 0 spiro atoms. The first-order valence-corrected chi connectivity index (χ1v) is 7.04. The molecule has 1 unspecified atom stereocenters. The van der Waals surface area contributed by atoms with Crippen molar-refractivity contribution >= 4 is 5.70 Å². The average molecular weight is 309 g/mol. The zero-order valence-corrected chi connectivity index (χ0v) is 12.2. The third kappa shape index (κ3) is 2.18. The Bertz CT molecular complexity index is 656. The van der Waals surface area contributed by atoms with Crippen LogP contribution in [-0.4, -0.2) is 11.6 Å². The van der Waals surface area contributed by atoms with Crippen LogP contribution in [0.5, 0.6) is 0 Å². The summed E-state index contributed by atoms with van der Waals surface area (Å²) in [6.07, 6.45) is 2.69. The predicted molar refractivity (Wildman–Crippen MR) is 79.0 cm³/mol. The van der Waals surface area contributed by atoms with E-state index in [0.717, 1.165) is 5.56 Å². The second kappa shape index (κ2) is 4.52. The van der Waals surface area contributed by atoms with Gasteiger partial charge in [0.15, 0.2) is 0 Å². The molecule has 1 atom stereocenters. The minimum atomic E-state index is -2.71. The van der Waals surface area contributed by atoms with Gasteiger partial charge in [0.05, 0.1) is 0 Å². The van der Waals surface area contributed by atoms with E-state index in [1.54, 1.807) is 31.2 Å². The summed E-state index contributed by atoms with van der Waals surface area (Å²) in [5, 5.41) is 3.09. The lowest BCUT2D eigenvalue weighted by Gasteiger charge is -2.56. The van der Waals surface area contributed by atoms with Crippen LogP contribution in [0.2, 0.25) is 0 Å². The van der Waals surface area contributed by atoms with Crippen LogP contribution in [0.3, 0.4) is 0 Å². The molecular weight excluding hydrogens is 291 g/mol. The van der Waals surface area contributed by atoms with Crippen molar-refractivity contribution in [2.24, 2.45) is 16.9 Å². The number of hydrogen-bond donors (Lipinski definition) is 3. The van der Waals surface area contributed by atoms with Gasteiger partial charge >= 0.3 is 0 Å². The summed E-state index contributed by atoms with van der Waals surface area (Å²) in [5.41, 5.74) is 11.9. The predicted octanol–water partition coefficient (Wildman–Crippen LogP) is 2.70. The fraction of sp³-hybridized carbons (Fsp3) is 0.375. The summed E-state index contributed by atoms with van der Waals surface area (Å²) in [6, 6.07) is 5.86. The van der Waals surface area contributed by atoms with Crippen molar-refractivity contribution in [3.8, 4) is 0 Å². The molecule has 3 rings (SSSR count). The SMILES string of the molecule is CC1(C2(N)NC(c3ccc(F)cc3)=CC=C2N)CC(F)(F)C1. The van der Waals surface area contributed by atoms with Gasteiger partial charge in [-0.25, -0.2) is 13.2 Å². The van der Waals surface area contributed by atoms with Crippen LogP contribution in [-0.2, 0) is 0 Å². The number of alkyl halides is 2. The fourth-order valence-electron chi connectivity index (χ4n) is 3.30. The number of rotatable bonds is 2. The molecule has 2 aliphatic rings. The lowest BCUT2D eigenvalue weighted by molar-refractivity contribution is -0.178. The van der Waals surface area contributed by atoms with E-state index >= 15 is 0 Å². The number of benzene rings is 1. The van der Waals surface area contributed by atoms with Gasteiger partial charge in [0, 0.05) is 29.7 Å². The molecule has 0 aromatic heterocycles. The maximum Gasteiger partial charge on any atom is 0.249 e. The first-order chi connectivity index (χ1) is 10.2. The lowest BCUT2D eigenvalue weighted by Crippen LogP contribution is -2.72. The van der Waals surface area contributed by atoms with Gasteiger partial charge in [0.25, 0.3) is 0 Å². The van der Waals surface area contributed by atoms with E-state index in [9.17, 15) is 13.2 Å². The highest BCUT2D eigenvalue weighted by atomic mass is 19.3. The van der Waals surface area contributed by atoms with E-state index in [4.69, 9.17) is 11.5 Å². The van der Waals surface area contributed by atoms with Crippen LogP contribution in [0.15, 0.2) is 42.1 Å². The highest BCUT2D eigenvalue weighted by Gasteiger charge is 2.63. The zero-order valence-electron chi connectivity index (χ0n) is 12.2. The maximum atomic E-state index is 13.4. The molecule has 6 heteroatoms. The molecule has 3 nitrogen and oxygen atoms in total. The molecule has 0 amide bonds. The third-order valence-electron chi connectivity index (χ3n) is 4.62. The van der Waals surface area contributed by atoms with Crippen LogP contribution in [0.4, 0.5) is 13.2 Å². The quantitative estimate of drug-likeness (QED) is 0.787. The Balaban J connectivity index is 1.91. The van der Waals surface area contributed by atoms with E-state index in [0.29, 0.717) is 11.4 Å². The van der Waals surface area contributed by atoms with Crippen molar-refractivity contribution in [1.82, 2.24) is 5.32 Å². The molecule has 1 fully saturated rings. The van der Waals surface area contributed by atoms with Crippen LogP contribution in [0.1, 0.15) is 25.3 Å². The van der Waals surface area contributed by atoms with E-state index in [1.165, 1.54) is 12.1 Å². The molecule has 1 saturated carbocycles. The molecule has 0 radical (unpaired) electrons. The molecular formula is C16H18F3N3. The number of hydrogen-bond acceptors (Lipinski definition) is 3. The minimum absolute atomic E-state index is 0.316. The Kier molecular flexibility index (Phi) is 3.08. The molecule has 0 saturated heterocycles. The molecule has 1 aromatic rings. The largest absolute Gasteiger partial charge is 0.399 e. The second-order valence-electron chi connectivity index (χ2n) is 6.41. The number of allylic oxidation sites excluding steroid dienone is 2. The third-order valence-corrected chi connectivity index (χ3v) is 4.62. The first kappa shape index (κ1) is 15.0. The smallest absolute Gasteiger partial charge is 0.249 e. The van der Waals surface area contributed by atoms with Gasteiger partial charge in [-0.05, 0) is 29.8 Å². The lowest BCUT2D eigenvalue weighted by atomic mass is 9.58. The highest BCUT2D eigenvalue weighted by Crippen LogP contribution is 2.57. The van der Waals surface area contributed by atoms with Crippen molar-refractivity contribution in [2.45, 2.75) is 31.4 Å². The van der Waals surface area contributed by atoms with Gasteiger partial charge in [0.2, 0.25) is 5.92 Å². The summed E-state index contributed by atoms with van der Waals surface area (Å²) in [7, 11) is 0. The highest BCUT2D eigenvalue weighted by molar-refractivity contribution is 5.69. The van der Waals surface area contributed by atoms with E-state index < -0.39 is 17.0 Å². The standard InChI is InChI=1S/C16H18F3N3/c1-14(8-15(18,19)9-14)16(21)13(20)7-6-12(22-16)10-2-4-11(17)5-3-10/h2-7,22H,8-9,20-21H2,1H3. The minimum Gasteiger partial charge on any atom is -0.399 e. The van der Waals surface area contributed by atoms with Crippen molar-refractivity contribution in [1.29, 1.82) is 0 Å². The monoisotopic (exact) mass is 309 g/mol. The molecule has 0 bridgehead atoms. The van der Waals surface area contributed by atoms with Crippen molar-refractivity contribution in [2.75, 3.05) is 0 Å². The molecule has 1 aliphatic heterocycles. The Morgan fingerprint density at radius 2 is 1.68 bits per heavy atom. The number of nitrogens with two attached hydrogens (primary N) is 2. The number of nitrogens with one attached hydrogen (secondary N) is 1. The van der Waals surface area contributed by atoms with Crippen LogP contribution in [0, 0.1) is 11.2 Å². The van der Waals surface area contributed by atoms with Gasteiger partial charge in [-0.15, -0.1) is 0 Å². The Labute approximate surface area is 126 Å². The number of dihydropyridines is 1. The maximum absolute atomic E-state index is 13.4. The van der Waals surface area contributed by atoms with E-state index in [2.05, 4.69) is 5.32 Å². The van der Waals surface area contributed by atoms with Crippen LogP contribution < -0.4 is 16.8 Å². The molecule has 22 heavy (non-hydrogen) atoms. The summed E-state index contributed by atoms with van der Waals surface area (Å²) < 4.78 is 39.7. The van der Waals surface area contributed by atoms with Crippen LogP contribution >= 0.6 is 0 Å². The summed E-state index contributed by atoms with van der Waals surface area (Å²) in [4.78, 5) is 0. The number of halogens is 3. The molecule has 1 heterocycles. The van der Waals surface area contributed by atoms with Gasteiger partial charge < -0.3 is 16.8 Å². The normalized spacial score (nSPS) is 29.0. The summed E-state index contributed by atoms with van der Waals surface area (Å²) in [6.45, 7) is 1.70. The fourth-order valence-corrected chi connectivity index (χ4v) is 3.30. The molecule has 118 valence electrons. The first-order valence-electron chi connectivity index (χ1n) is 7.04. The van der Waals surface area contributed by atoms with E-state index in [1.807, 2.05) is 0 Å². The van der Waals surface area contributed by atoms with Crippen LogP contribution in [0.25, 0.3) is 5.70 Å². The summed E-state index contributed by atoms with van der Waals surface area (Å²) in [5.74, 6) is -3.06. The van der Waals surface area contributed by atoms with Gasteiger partial charge in [0.1, 0.15) is 11.5 Å². The molecule has 1 aliphatic carbocycles. The average Bonchev–Trinajstić information content (AvgIpc) is 2.40. The molecule has 1 aromatic carbocycles. The van der Waals surface area contributed by atoms with Gasteiger partial charge in [-0.2, -0.15) is 0 Å². The Hall–Kier alpha value is -1.95.